The number of nitrogens with one attached hydrogen (secondary N) is 2. The van der Waals surface area contributed by atoms with Crippen molar-refractivity contribution in [3.63, 3.8) is 0 Å². The molecule has 0 radical (unpaired) electrons. The summed E-state index contributed by atoms with van der Waals surface area (Å²) < 4.78 is 4.60. The molecule has 1 unspecified atom stereocenters. The molecule has 0 bridgehead atoms. The van der Waals surface area contributed by atoms with Crippen LogP contribution in [0.4, 0.5) is 4.79 Å². The van der Waals surface area contributed by atoms with E-state index in [1.54, 1.807) is 0 Å². The van der Waals surface area contributed by atoms with E-state index in [0.29, 0.717) is 0 Å². The minimum Gasteiger partial charge on any atom is -0.479 e. The van der Waals surface area contributed by atoms with Gasteiger partial charge in [0.1, 0.15) is 0 Å². The predicted octanol–water partition coefficient (Wildman–Crippen LogP) is 0.138. The first-order valence-electron chi connectivity index (χ1n) is 4.08. The van der Waals surface area contributed by atoms with Crippen molar-refractivity contribution in [1.29, 1.82) is 0 Å². The molecular weight excluding hydrogens is 224 g/mol. The van der Waals surface area contributed by atoms with E-state index in [4.69, 9.17) is 16.7 Å². The summed E-state index contributed by atoms with van der Waals surface area (Å²) in [6.45, 7) is 3.38. The quantitative estimate of drug-likeness (QED) is 0.612. The predicted molar refractivity (Wildman–Crippen MR) is 54.8 cm³/mol. The van der Waals surface area contributed by atoms with Crippen molar-refractivity contribution in [2.45, 2.75) is 6.10 Å². The normalized spacial score (nSPS) is 11.6. The lowest BCUT2D eigenvalue weighted by Crippen LogP contribution is -2.43. The van der Waals surface area contributed by atoms with Crippen molar-refractivity contribution in [2.75, 3.05) is 20.2 Å². The van der Waals surface area contributed by atoms with E-state index in [9.17, 15) is 9.59 Å². The number of aliphatic carboxylic acids is 1. The van der Waals surface area contributed by atoms with E-state index < -0.39 is 18.1 Å². The Balaban J connectivity index is 3.78. The molecule has 0 fully saturated rings. The largest absolute Gasteiger partial charge is 0.479 e. The minimum atomic E-state index is -1.14. The summed E-state index contributed by atoms with van der Waals surface area (Å²) in [7, 11) is 1.25. The Morgan fingerprint density at radius 1 is 1.53 bits per heavy atom. The number of carboxylic acids is 1. The van der Waals surface area contributed by atoms with Crippen LogP contribution < -0.4 is 10.6 Å². The number of urea groups is 1. The number of carboxylic acid groups (broad SMARTS) is 1. The third-order valence-corrected chi connectivity index (χ3v) is 1.58. The van der Waals surface area contributed by atoms with Gasteiger partial charge in [-0.2, -0.15) is 0 Å². The van der Waals surface area contributed by atoms with Gasteiger partial charge in [-0.3, -0.25) is 0 Å². The summed E-state index contributed by atoms with van der Waals surface area (Å²) in [5.41, 5.74) is 0. The van der Waals surface area contributed by atoms with Crippen molar-refractivity contribution in [3.8, 4) is 0 Å². The molecule has 0 heterocycles. The molecule has 0 aliphatic rings. The molecule has 0 rings (SSSR count). The van der Waals surface area contributed by atoms with Gasteiger partial charge in [0.2, 0.25) is 0 Å². The number of methoxy groups -OCH3 is 1. The Morgan fingerprint density at radius 3 is 2.53 bits per heavy atom. The molecule has 0 aliphatic carbocycles. The highest BCUT2D eigenvalue weighted by atomic mass is 35.5. The second-order valence-electron chi connectivity index (χ2n) is 2.64. The number of ether oxygens (including phenoxy) is 1. The average molecular weight is 237 g/mol. The molecule has 0 spiro atoms. The maximum Gasteiger partial charge on any atom is 0.334 e. The van der Waals surface area contributed by atoms with Crippen molar-refractivity contribution >= 4 is 23.6 Å². The monoisotopic (exact) mass is 236 g/mol. The topological polar surface area (TPSA) is 87.7 Å². The third-order valence-electron chi connectivity index (χ3n) is 1.45. The fraction of sp³-hybridized carbons (Fsp3) is 0.500. The molecule has 86 valence electrons. The van der Waals surface area contributed by atoms with E-state index in [-0.39, 0.29) is 18.1 Å². The zero-order chi connectivity index (χ0) is 11.8. The standard InChI is InChI=1S/C8H13ClN2O4/c1-5(9)3-10-8(14)11-4-6(15-2)7(12)13/h6H,1,3-4H2,2H3,(H,12,13)(H2,10,11,14). The number of rotatable bonds is 6. The van der Waals surface area contributed by atoms with Crippen LogP contribution in [0.15, 0.2) is 11.6 Å². The SMILES string of the molecule is C=C(Cl)CNC(=O)NCC(OC)C(=O)O. The highest BCUT2D eigenvalue weighted by Gasteiger charge is 2.16. The van der Waals surface area contributed by atoms with E-state index in [0.717, 1.165) is 0 Å². The number of carbonyl (C=O) groups is 2. The summed E-state index contributed by atoms with van der Waals surface area (Å²) in [5, 5.41) is 13.5. The Bertz CT molecular complexity index is 257. The highest BCUT2D eigenvalue weighted by molar-refractivity contribution is 6.29. The first kappa shape index (κ1) is 13.7. The Kier molecular flexibility index (Phi) is 6.48. The van der Waals surface area contributed by atoms with Crippen LogP contribution >= 0.6 is 11.6 Å². The lowest BCUT2D eigenvalue weighted by atomic mass is 10.3. The lowest BCUT2D eigenvalue weighted by Gasteiger charge is -2.11. The van der Waals surface area contributed by atoms with Gasteiger partial charge in [0.25, 0.3) is 0 Å². The lowest BCUT2D eigenvalue weighted by molar-refractivity contribution is -0.147. The maximum atomic E-state index is 11.0. The van der Waals surface area contributed by atoms with Crippen molar-refractivity contribution in [3.05, 3.63) is 11.6 Å². The fourth-order valence-corrected chi connectivity index (χ4v) is 0.762. The van der Waals surface area contributed by atoms with Gasteiger partial charge in [-0.05, 0) is 0 Å². The van der Waals surface area contributed by atoms with Gasteiger partial charge in [0.05, 0.1) is 13.1 Å². The van der Waals surface area contributed by atoms with Crippen molar-refractivity contribution in [2.24, 2.45) is 0 Å². The smallest absolute Gasteiger partial charge is 0.334 e. The summed E-state index contributed by atoms with van der Waals surface area (Å²) in [6.07, 6.45) is -1.06. The number of halogens is 1. The highest BCUT2D eigenvalue weighted by Crippen LogP contribution is 1.92. The Hall–Kier alpha value is -1.27. The van der Waals surface area contributed by atoms with E-state index >= 15 is 0 Å². The van der Waals surface area contributed by atoms with Gasteiger partial charge in [0.15, 0.2) is 6.10 Å². The van der Waals surface area contributed by atoms with Crippen LogP contribution in [0.2, 0.25) is 0 Å². The second kappa shape index (κ2) is 7.08. The van der Waals surface area contributed by atoms with Crippen LogP contribution in [-0.4, -0.2) is 43.4 Å². The van der Waals surface area contributed by atoms with Gasteiger partial charge in [-0.25, -0.2) is 9.59 Å². The summed E-state index contributed by atoms with van der Waals surface area (Å²) in [5.74, 6) is -1.14. The van der Waals surface area contributed by atoms with Gasteiger partial charge < -0.3 is 20.5 Å². The molecule has 7 heteroatoms. The minimum absolute atomic E-state index is 0.119. The number of hydrogen-bond donors (Lipinski definition) is 3. The molecule has 0 saturated heterocycles. The Labute approximate surface area is 92.2 Å². The molecule has 0 saturated carbocycles. The van der Waals surface area contributed by atoms with E-state index in [1.807, 2.05) is 0 Å². The first-order valence-corrected chi connectivity index (χ1v) is 4.45. The van der Waals surface area contributed by atoms with Crippen LogP contribution in [0.25, 0.3) is 0 Å². The molecule has 0 aromatic carbocycles. The Morgan fingerprint density at radius 2 is 2.13 bits per heavy atom. The second-order valence-corrected chi connectivity index (χ2v) is 3.18. The van der Waals surface area contributed by atoms with E-state index in [2.05, 4.69) is 21.9 Å². The maximum absolute atomic E-state index is 11.0. The van der Waals surface area contributed by atoms with Crippen LogP contribution in [0.3, 0.4) is 0 Å². The van der Waals surface area contributed by atoms with Crippen molar-refractivity contribution in [1.82, 2.24) is 10.6 Å². The molecule has 15 heavy (non-hydrogen) atoms. The molecule has 0 aliphatic heterocycles. The summed E-state index contributed by atoms with van der Waals surface area (Å²) >= 11 is 5.41. The summed E-state index contributed by atoms with van der Waals surface area (Å²) in [4.78, 5) is 21.5. The average Bonchev–Trinajstić information content (AvgIpc) is 2.15. The molecule has 1 atom stereocenters. The molecule has 0 aromatic rings. The molecule has 6 nitrogen and oxygen atoms in total. The molecular formula is C8H13ClN2O4. The van der Waals surface area contributed by atoms with Gasteiger partial charge >= 0.3 is 12.0 Å². The molecule has 0 aromatic heterocycles. The zero-order valence-electron chi connectivity index (χ0n) is 8.25. The van der Waals surface area contributed by atoms with Gasteiger partial charge in [0, 0.05) is 12.1 Å². The van der Waals surface area contributed by atoms with E-state index in [1.165, 1.54) is 7.11 Å². The van der Waals surface area contributed by atoms with Gasteiger partial charge in [-0.15, -0.1) is 0 Å². The number of hydrogen-bond acceptors (Lipinski definition) is 3. The third kappa shape index (κ3) is 6.75. The van der Waals surface area contributed by atoms with Crippen molar-refractivity contribution < 1.29 is 19.4 Å². The number of amides is 2. The van der Waals surface area contributed by atoms with Crippen LogP contribution in [0.1, 0.15) is 0 Å². The first-order chi connectivity index (χ1) is 6.97. The summed E-state index contributed by atoms with van der Waals surface area (Å²) in [6, 6.07) is -0.528. The molecule has 2 amide bonds. The number of carbonyl (C=O) groups excluding carboxylic acids is 1. The van der Waals surface area contributed by atoms with Crippen LogP contribution in [-0.2, 0) is 9.53 Å². The zero-order valence-corrected chi connectivity index (χ0v) is 9.00. The fourth-order valence-electron chi connectivity index (χ4n) is 0.696. The van der Waals surface area contributed by atoms with Gasteiger partial charge in [-0.1, -0.05) is 18.2 Å². The van der Waals surface area contributed by atoms with Crippen LogP contribution in [0.5, 0.6) is 0 Å². The molecule has 3 N–H and O–H groups in total. The van der Waals surface area contributed by atoms with Crippen LogP contribution in [0, 0.1) is 0 Å².